The van der Waals surface area contributed by atoms with Crippen LogP contribution in [0.1, 0.15) is 26.3 Å². The molecule has 1 aromatic carbocycles. The SMILES string of the molecule is CCOCC(=O)OCC(=O)Nc1cc(S(=O)(=O)N(CC)CC)ccc1C. The van der Waals surface area contributed by atoms with Crippen molar-refractivity contribution < 1.29 is 27.5 Å². The second-order valence-corrected chi connectivity index (χ2v) is 7.35. The van der Waals surface area contributed by atoms with Crippen LogP contribution in [0.5, 0.6) is 0 Å². The maximum Gasteiger partial charge on any atom is 0.332 e. The van der Waals surface area contributed by atoms with Gasteiger partial charge in [0.25, 0.3) is 5.91 Å². The number of rotatable bonds is 10. The van der Waals surface area contributed by atoms with Gasteiger partial charge < -0.3 is 14.8 Å². The summed E-state index contributed by atoms with van der Waals surface area (Å²) in [6.45, 7) is 7.37. The number of esters is 1. The van der Waals surface area contributed by atoms with Crippen LogP contribution in [0.4, 0.5) is 5.69 Å². The fourth-order valence-corrected chi connectivity index (χ4v) is 3.65. The minimum absolute atomic E-state index is 0.0930. The topological polar surface area (TPSA) is 102 Å². The monoisotopic (exact) mass is 386 g/mol. The lowest BCUT2D eigenvalue weighted by molar-refractivity contribution is -0.151. The summed E-state index contributed by atoms with van der Waals surface area (Å²) in [5.41, 5.74) is 1.04. The molecule has 0 bridgehead atoms. The number of carbonyl (C=O) groups is 2. The standard InChI is InChI=1S/C17H26N2O6S/c1-5-19(6-2)26(22,23)14-9-8-13(4)15(10-14)18-16(20)11-25-17(21)12-24-7-3/h8-10H,5-7,11-12H2,1-4H3,(H,18,20). The Morgan fingerprint density at radius 1 is 1.12 bits per heavy atom. The molecule has 9 heteroatoms. The van der Waals surface area contributed by atoms with Crippen LogP contribution >= 0.6 is 0 Å². The van der Waals surface area contributed by atoms with E-state index in [4.69, 9.17) is 9.47 Å². The van der Waals surface area contributed by atoms with Crippen molar-refractivity contribution in [3.63, 3.8) is 0 Å². The summed E-state index contributed by atoms with van der Waals surface area (Å²) in [5, 5.41) is 2.57. The molecule has 1 rings (SSSR count). The zero-order valence-electron chi connectivity index (χ0n) is 15.6. The third kappa shape index (κ3) is 6.08. The normalized spacial score (nSPS) is 11.4. The third-order valence-corrected chi connectivity index (χ3v) is 5.66. The number of carbonyl (C=O) groups excluding carboxylic acids is 2. The highest BCUT2D eigenvalue weighted by atomic mass is 32.2. The molecule has 0 radical (unpaired) electrons. The molecular weight excluding hydrogens is 360 g/mol. The number of sulfonamides is 1. The Morgan fingerprint density at radius 3 is 2.35 bits per heavy atom. The van der Waals surface area contributed by atoms with Gasteiger partial charge in [-0.15, -0.1) is 0 Å². The Morgan fingerprint density at radius 2 is 1.77 bits per heavy atom. The Labute approximate surface area is 154 Å². The zero-order chi connectivity index (χ0) is 19.7. The summed E-state index contributed by atoms with van der Waals surface area (Å²) in [5.74, 6) is -1.20. The van der Waals surface area contributed by atoms with Gasteiger partial charge in [-0.1, -0.05) is 19.9 Å². The van der Waals surface area contributed by atoms with Crippen LogP contribution in [-0.2, 0) is 29.1 Å². The average Bonchev–Trinajstić information content (AvgIpc) is 2.60. The number of benzene rings is 1. The molecule has 0 spiro atoms. The van der Waals surface area contributed by atoms with E-state index in [9.17, 15) is 18.0 Å². The molecule has 8 nitrogen and oxygen atoms in total. The quantitative estimate of drug-likeness (QED) is 0.612. The minimum Gasteiger partial charge on any atom is -0.454 e. The van der Waals surface area contributed by atoms with E-state index in [2.05, 4.69) is 5.32 Å². The predicted molar refractivity (Wildman–Crippen MR) is 97.4 cm³/mol. The number of hydrogen-bond acceptors (Lipinski definition) is 6. The van der Waals surface area contributed by atoms with E-state index in [1.54, 1.807) is 33.8 Å². The summed E-state index contributed by atoms with van der Waals surface area (Å²) in [6.07, 6.45) is 0. The fourth-order valence-electron chi connectivity index (χ4n) is 2.17. The molecule has 0 saturated carbocycles. The number of nitrogens with zero attached hydrogens (tertiary/aromatic N) is 1. The number of ether oxygens (including phenoxy) is 2. The zero-order valence-corrected chi connectivity index (χ0v) is 16.4. The van der Waals surface area contributed by atoms with Crippen molar-refractivity contribution in [1.82, 2.24) is 4.31 Å². The van der Waals surface area contributed by atoms with Crippen LogP contribution in [0.15, 0.2) is 23.1 Å². The average molecular weight is 386 g/mol. The predicted octanol–water partition coefficient (Wildman–Crippen LogP) is 1.54. The lowest BCUT2D eigenvalue weighted by Crippen LogP contribution is -2.30. The van der Waals surface area contributed by atoms with E-state index in [-0.39, 0.29) is 11.5 Å². The third-order valence-electron chi connectivity index (χ3n) is 3.61. The fraction of sp³-hybridized carbons (Fsp3) is 0.529. The molecule has 0 aromatic heterocycles. The van der Waals surface area contributed by atoms with E-state index in [1.165, 1.54) is 16.4 Å². The molecule has 0 atom stereocenters. The number of amides is 1. The van der Waals surface area contributed by atoms with Crippen molar-refractivity contribution in [2.75, 3.05) is 38.2 Å². The number of nitrogens with one attached hydrogen (secondary N) is 1. The van der Waals surface area contributed by atoms with Crippen molar-refractivity contribution in [3.05, 3.63) is 23.8 Å². The molecule has 0 aliphatic rings. The van der Waals surface area contributed by atoms with Gasteiger partial charge in [-0.3, -0.25) is 4.79 Å². The second-order valence-electron chi connectivity index (χ2n) is 5.41. The molecule has 0 unspecified atom stereocenters. The van der Waals surface area contributed by atoms with Crippen molar-refractivity contribution in [2.45, 2.75) is 32.6 Å². The Kier molecular flexibility index (Phi) is 8.70. The molecule has 0 heterocycles. The molecule has 1 N–H and O–H groups in total. The second kappa shape index (κ2) is 10.2. The molecule has 0 aliphatic carbocycles. The maximum atomic E-state index is 12.6. The number of anilines is 1. The molecule has 0 fully saturated rings. The van der Waals surface area contributed by atoms with Crippen molar-refractivity contribution in [1.29, 1.82) is 0 Å². The molecular formula is C17H26N2O6S. The number of hydrogen-bond donors (Lipinski definition) is 1. The van der Waals surface area contributed by atoms with Gasteiger partial charge in [0.1, 0.15) is 6.61 Å². The minimum atomic E-state index is -3.63. The van der Waals surface area contributed by atoms with E-state index in [0.717, 1.165) is 0 Å². The molecule has 1 amide bonds. The van der Waals surface area contributed by atoms with Gasteiger partial charge in [0.15, 0.2) is 6.61 Å². The highest BCUT2D eigenvalue weighted by Gasteiger charge is 2.22. The van der Waals surface area contributed by atoms with Crippen LogP contribution in [0.2, 0.25) is 0 Å². The molecule has 146 valence electrons. The van der Waals surface area contributed by atoms with Crippen LogP contribution in [0.3, 0.4) is 0 Å². The van der Waals surface area contributed by atoms with E-state index in [1.807, 2.05) is 0 Å². The van der Waals surface area contributed by atoms with Gasteiger partial charge in [0, 0.05) is 25.4 Å². The summed E-state index contributed by atoms with van der Waals surface area (Å²) < 4.78 is 36.2. The summed E-state index contributed by atoms with van der Waals surface area (Å²) in [4.78, 5) is 23.4. The van der Waals surface area contributed by atoms with Gasteiger partial charge in [-0.25, -0.2) is 13.2 Å². The van der Waals surface area contributed by atoms with Crippen LogP contribution in [-0.4, -0.2) is 57.5 Å². The Bertz CT molecular complexity index is 729. The first-order valence-electron chi connectivity index (χ1n) is 8.40. The molecule has 1 aromatic rings. The van der Waals surface area contributed by atoms with E-state index < -0.39 is 28.5 Å². The Balaban J connectivity index is 2.85. The first-order valence-corrected chi connectivity index (χ1v) is 9.84. The van der Waals surface area contributed by atoms with Crippen LogP contribution in [0.25, 0.3) is 0 Å². The summed E-state index contributed by atoms with van der Waals surface area (Å²) >= 11 is 0. The lowest BCUT2D eigenvalue weighted by atomic mass is 10.2. The first-order chi connectivity index (χ1) is 12.3. The highest BCUT2D eigenvalue weighted by Crippen LogP contribution is 2.23. The van der Waals surface area contributed by atoms with Crippen LogP contribution in [0, 0.1) is 6.92 Å². The summed E-state index contributed by atoms with van der Waals surface area (Å²) in [6, 6.07) is 4.52. The molecule has 26 heavy (non-hydrogen) atoms. The van der Waals surface area contributed by atoms with E-state index >= 15 is 0 Å². The first kappa shape index (κ1) is 22.1. The highest BCUT2D eigenvalue weighted by molar-refractivity contribution is 7.89. The van der Waals surface area contributed by atoms with Gasteiger partial charge in [-0.05, 0) is 31.5 Å². The maximum absolute atomic E-state index is 12.6. The van der Waals surface area contributed by atoms with Gasteiger partial charge in [0.2, 0.25) is 10.0 Å². The van der Waals surface area contributed by atoms with Gasteiger partial charge in [-0.2, -0.15) is 4.31 Å². The van der Waals surface area contributed by atoms with Crippen LogP contribution < -0.4 is 5.32 Å². The molecule has 0 aliphatic heterocycles. The van der Waals surface area contributed by atoms with Crippen molar-refractivity contribution >= 4 is 27.6 Å². The van der Waals surface area contributed by atoms with Crippen molar-refractivity contribution in [2.24, 2.45) is 0 Å². The van der Waals surface area contributed by atoms with Gasteiger partial charge >= 0.3 is 5.97 Å². The lowest BCUT2D eigenvalue weighted by Gasteiger charge is -2.19. The smallest absolute Gasteiger partial charge is 0.332 e. The van der Waals surface area contributed by atoms with Gasteiger partial charge in [0.05, 0.1) is 4.90 Å². The number of aryl methyl sites for hydroxylation is 1. The van der Waals surface area contributed by atoms with Crippen molar-refractivity contribution in [3.8, 4) is 0 Å². The largest absolute Gasteiger partial charge is 0.454 e. The Hall–Kier alpha value is -1.97. The molecule has 0 saturated heterocycles. The summed E-state index contributed by atoms with van der Waals surface area (Å²) in [7, 11) is -3.63. The van der Waals surface area contributed by atoms with E-state index in [0.29, 0.717) is 30.9 Å².